The second-order valence-corrected chi connectivity index (χ2v) is 5.27. The average molecular weight is 244 g/mol. The molecule has 96 valence electrons. The van der Waals surface area contributed by atoms with E-state index in [4.69, 9.17) is 4.74 Å². The second-order valence-electron chi connectivity index (χ2n) is 5.27. The molecule has 0 radical (unpaired) electrons. The molecule has 1 aromatic rings. The number of benzene rings is 1. The monoisotopic (exact) mass is 244 g/mol. The molecule has 1 aliphatic carbocycles. The highest BCUT2D eigenvalue weighted by atomic mass is 16.5. The SMILES string of the molecule is COc1ccc(C#N)c(N(CC(C)C)C2CC2)c1. The minimum atomic E-state index is 0.586. The van der Waals surface area contributed by atoms with E-state index in [1.165, 1.54) is 12.8 Å². The van der Waals surface area contributed by atoms with Crippen LogP contribution in [0.3, 0.4) is 0 Å². The van der Waals surface area contributed by atoms with Crippen LogP contribution in [0.1, 0.15) is 32.3 Å². The van der Waals surface area contributed by atoms with Crippen LogP contribution in [0.2, 0.25) is 0 Å². The molecule has 1 aromatic carbocycles. The van der Waals surface area contributed by atoms with Gasteiger partial charge in [0.05, 0.1) is 18.4 Å². The Balaban J connectivity index is 2.35. The minimum Gasteiger partial charge on any atom is -0.497 e. The molecule has 0 N–H and O–H groups in total. The maximum atomic E-state index is 9.25. The third kappa shape index (κ3) is 2.76. The van der Waals surface area contributed by atoms with Crippen LogP contribution in [-0.4, -0.2) is 19.7 Å². The first-order chi connectivity index (χ1) is 8.65. The Labute approximate surface area is 109 Å². The molecular weight excluding hydrogens is 224 g/mol. The number of ether oxygens (including phenoxy) is 1. The van der Waals surface area contributed by atoms with Gasteiger partial charge in [-0.25, -0.2) is 0 Å². The van der Waals surface area contributed by atoms with Crippen LogP contribution >= 0.6 is 0 Å². The van der Waals surface area contributed by atoms with Gasteiger partial charge in [-0.1, -0.05) is 13.8 Å². The maximum absolute atomic E-state index is 9.25. The molecule has 0 unspecified atom stereocenters. The van der Waals surface area contributed by atoms with Crippen LogP contribution in [0, 0.1) is 17.2 Å². The highest BCUT2D eigenvalue weighted by Gasteiger charge is 2.31. The van der Waals surface area contributed by atoms with Gasteiger partial charge in [0.25, 0.3) is 0 Å². The topological polar surface area (TPSA) is 36.3 Å². The van der Waals surface area contributed by atoms with Crippen LogP contribution in [0.5, 0.6) is 5.75 Å². The third-order valence-electron chi connectivity index (χ3n) is 3.18. The molecule has 1 fully saturated rings. The second kappa shape index (κ2) is 5.30. The van der Waals surface area contributed by atoms with Gasteiger partial charge in [0.1, 0.15) is 11.8 Å². The summed E-state index contributed by atoms with van der Waals surface area (Å²) in [4.78, 5) is 2.37. The fraction of sp³-hybridized carbons (Fsp3) is 0.533. The van der Waals surface area contributed by atoms with Gasteiger partial charge in [0.2, 0.25) is 0 Å². The van der Waals surface area contributed by atoms with Crippen molar-refractivity contribution in [3.05, 3.63) is 23.8 Å². The van der Waals surface area contributed by atoms with E-state index < -0.39 is 0 Å². The van der Waals surface area contributed by atoms with E-state index in [1.807, 2.05) is 18.2 Å². The molecule has 0 bridgehead atoms. The molecule has 2 rings (SSSR count). The number of hydrogen-bond donors (Lipinski definition) is 0. The summed E-state index contributed by atoms with van der Waals surface area (Å²) in [6.45, 7) is 5.41. The van der Waals surface area contributed by atoms with Gasteiger partial charge >= 0.3 is 0 Å². The lowest BCUT2D eigenvalue weighted by Crippen LogP contribution is -2.30. The first-order valence-corrected chi connectivity index (χ1v) is 6.50. The number of anilines is 1. The first-order valence-electron chi connectivity index (χ1n) is 6.50. The van der Waals surface area contributed by atoms with Crippen molar-refractivity contribution < 1.29 is 4.74 Å². The van der Waals surface area contributed by atoms with Crippen LogP contribution in [0.4, 0.5) is 5.69 Å². The smallest absolute Gasteiger partial charge is 0.121 e. The Kier molecular flexibility index (Phi) is 3.76. The molecule has 0 atom stereocenters. The summed E-state index contributed by atoms with van der Waals surface area (Å²) in [5.74, 6) is 1.40. The van der Waals surface area contributed by atoms with E-state index in [0.717, 1.165) is 23.5 Å². The summed E-state index contributed by atoms with van der Waals surface area (Å²) in [5.41, 5.74) is 1.76. The van der Waals surface area contributed by atoms with Crippen molar-refractivity contribution in [2.24, 2.45) is 5.92 Å². The molecule has 3 nitrogen and oxygen atoms in total. The molecule has 0 aromatic heterocycles. The quantitative estimate of drug-likeness (QED) is 0.798. The van der Waals surface area contributed by atoms with E-state index in [9.17, 15) is 5.26 Å². The van der Waals surface area contributed by atoms with Crippen LogP contribution < -0.4 is 9.64 Å². The zero-order valence-electron chi connectivity index (χ0n) is 11.3. The molecule has 0 saturated heterocycles. The third-order valence-corrected chi connectivity index (χ3v) is 3.18. The zero-order chi connectivity index (χ0) is 13.1. The van der Waals surface area contributed by atoms with Crippen LogP contribution in [0.25, 0.3) is 0 Å². The van der Waals surface area contributed by atoms with Crippen molar-refractivity contribution in [3.63, 3.8) is 0 Å². The van der Waals surface area contributed by atoms with Gasteiger partial charge in [-0.05, 0) is 30.9 Å². The molecule has 1 saturated carbocycles. The lowest BCUT2D eigenvalue weighted by atomic mass is 10.1. The summed E-state index contributed by atoms with van der Waals surface area (Å²) in [7, 11) is 1.66. The predicted octanol–water partition coefficient (Wildman–Crippen LogP) is 3.19. The summed E-state index contributed by atoms with van der Waals surface area (Å²) in [6, 6.07) is 8.58. The number of methoxy groups -OCH3 is 1. The number of hydrogen-bond acceptors (Lipinski definition) is 3. The fourth-order valence-electron chi connectivity index (χ4n) is 2.19. The van der Waals surface area contributed by atoms with E-state index in [0.29, 0.717) is 12.0 Å². The van der Waals surface area contributed by atoms with Crippen molar-refractivity contribution in [1.29, 1.82) is 5.26 Å². The highest BCUT2D eigenvalue weighted by Crippen LogP contribution is 2.35. The summed E-state index contributed by atoms with van der Waals surface area (Å²) < 4.78 is 5.27. The van der Waals surface area contributed by atoms with Gasteiger partial charge in [-0.15, -0.1) is 0 Å². The molecule has 0 amide bonds. The highest BCUT2D eigenvalue weighted by molar-refractivity contribution is 5.63. The number of nitrogens with zero attached hydrogens (tertiary/aromatic N) is 2. The number of rotatable bonds is 5. The minimum absolute atomic E-state index is 0.586. The Morgan fingerprint density at radius 2 is 2.17 bits per heavy atom. The van der Waals surface area contributed by atoms with E-state index in [-0.39, 0.29) is 0 Å². The first kappa shape index (κ1) is 12.8. The molecule has 0 spiro atoms. The van der Waals surface area contributed by atoms with Gasteiger partial charge in [-0.2, -0.15) is 5.26 Å². The van der Waals surface area contributed by atoms with Crippen molar-refractivity contribution >= 4 is 5.69 Å². The molecule has 3 heteroatoms. The Bertz CT molecular complexity index is 458. The maximum Gasteiger partial charge on any atom is 0.121 e. The molecular formula is C15H20N2O. The summed E-state index contributed by atoms with van der Waals surface area (Å²) in [6.07, 6.45) is 2.46. The average Bonchev–Trinajstić information content (AvgIpc) is 3.19. The van der Waals surface area contributed by atoms with Crippen molar-refractivity contribution in [2.45, 2.75) is 32.7 Å². The van der Waals surface area contributed by atoms with Gasteiger partial charge < -0.3 is 9.64 Å². The van der Waals surface area contributed by atoms with Crippen molar-refractivity contribution in [3.8, 4) is 11.8 Å². The van der Waals surface area contributed by atoms with Crippen LogP contribution in [0.15, 0.2) is 18.2 Å². The van der Waals surface area contributed by atoms with Crippen LogP contribution in [-0.2, 0) is 0 Å². The van der Waals surface area contributed by atoms with Crippen molar-refractivity contribution in [1.82, 2.24) is 0 Å². The molecule has 0 aliphatic heterocycles. The van der Waals surface area contributed by atoms with E-state index in [2.05, 4.69) is 24.8 Å². The standard InChI is InChI=1S/C15H20N2O/c1-11(2)10-17(13-5-6-13)15-8-14(18-3)7-4-12(15)9-16/h4,7-8,11,13H,5-6,10H2,1-3H3. The Morgan fingerprint density at radius 3 is 2.67 bits per heavy atom. The Morgan fingerprint density at radius 1 is 1.44 bits per heavy atom. The molecule has 0 heterocycles. The van der Waals surface area contributed by atoms with Gasteiger partial charge in [0, 0.05) is 18.7 Å². The molecule has 18 heavy (non-hydrogen) atoms. The van der Waals surface area contributed by atoms with Gasteiger partial charge in [0.15, 0.2) is 0 Å². The van der Waals surface area contributed by atoms with Crippen molar-refractivity contribution in [2.75, 3.05) is 18.6 Å². The summed E-state index contributed by atoms with van der Waals surface area (Å²) in [5, 5.41) is 9.25. The largest absolute Gasteiger partial charge is 0.497 e. The van der Waals surface area contributed by atoms with E-state index in [1.54, 1.807) is 7.11 Å². The molecule has 1 aliphatic rings. The summed E-state index contributed by atoms with van der Waals surface area (Å²) >= 11 is 0. The lowest BCUT2D eigenvalue weighted by molar-refractivity contribution is 0.414. The zero-order valence-corrected chi connectivity index (χ0v) is 11.3. The van der Waals surface area contributed by atoms with Gasteiger partial charge in [-0.3, -0.25) is 0 Å². The fourth-order valence-corrected chi connectivity index (χ4v) is 2.19. The number of nitriles is 1. The lowest BCUT2D eigenvalue weighted by Gasteiger charge is -2.27. The van der Waals surface area contributed by atoms with E-state index >= 15 is 0 Å². The Hall–Kier alpha value is -1.69. The predicted molar refractivity (Wildman–Crippen MR) is 72.9 cm³/mol. The normalized spacial score (nSPS) is 14.4.